The van der Waals surface area contributed by atoms with Gasteiger partial charge in [0, 0.05) is 0 Å². The predicted octanol–water partition coefficient (Wildman–Crippen LogP) is -1.37. The molecule has 12 heavy (non-hydrogen) atoms. The lowest BCUT2D eigenvalue weighted by Crippen LogP contribution is -2.14. The van der Waals surface area contributed by atoms with Crippen molar-refractivity contribution >= 4 is 22.3 Å². The number of carbonyl (C=O) groups is 1. The molecule has 1 aromatic rings. The normalized spacial score (nSPS) is 11.1. The van der Waals surface area contributed by atoms with Crippen molar-refractivity contribution in [1.82, 2.24) is 9.97 Å². The van der Waals surface area contributed by atoms with Crippen molar-refractivity contribution in [1.29, 1.82) is 0 Å². The SMILES string of the molecule is NS(=O)(=O)c1[nH]cnc1NC=O. The van der Waals surface area contributed by atoms with E-state index in [-0.39, 0.29) is 10.8 Å². The molecule has 0 spiro atoms. The zero-order chi connectivity index (χ0) is 9.19. The first-order chi connectivity index (χ1) is 5.55. The van der Waals surface area contributed by atoms with Gasteiger partial charge in [0.15, 0.2) is 10.8 Å². The van der Waals surface area contributed by atoms with Crippen molar-refractivity contribution in [3.8, 4) is 0 Å². The molecular formula is C4H6N4O3S. The molecule has 0 fully saturated rings. The zero-order valence-electron chi connectivity index (χ0n) is 5.81. The van der Waals surface area contributed by atoms with Crippen LogP contribution in [0.5, 0.6) is 0 Å². The van der Waals surface area contributed by atoms with E-state index in [1.165, 1.54) is 0 Å². The van der Waals surface area contributed by atoms with Crippen molar-refractivity contribution in [2.24, 2.45) is 5.14 Å². The van der Waals surface area contributed by atoms with Crippen LogP contribution >= 0.6 is 0 Å². The molecule has 0 aliphatic heterocycles. The molecule has 0 bridgehead atoms. The Labute approximate surface area is 68.0 Å². The highest BCUT2D eigenvalue weighted by Gasteiger charge is 2.15. The Bertz CT molecular complexity index is 381. The minimum Gasteiger partial charge on any atom is -0.333 e. The fourth-order valence-electron chi connectivity index (χ4n) is 0.658. The first kappa shape index (κ1) is 8.68. The van der Waals surface area contributed by atoms with Gasteiger partial charge >= 0.3 is 0 Å². The van der Waals surface area contributed by atoms with Gasteiger partial charge in [0.05, 0.1) is 6.33 Å². The van der Waals surface area contributed by atoms with Crippen LogP contribution in [0.25, 0.3) is 0 Å². The molecule has 66 valence electrons. The number of sulfonamides is 1. The summed E-state index contributed by atoms with van der Waals surface area (Å²) >= 11 is 0. The number of aromatic nitrogens is 2. The second kappa shape index (κ2) is 2.91. The van der Waals surface area contributed by atoms with Gasteiger partial charge in [-0.3, -0.25) is 4.79 Å². The number of nitrogens with two attached hydrogens (primary N) is 1. The molecule has 0 radical (unpaired) electrons. The maximum absolute atomic E-state index is 10.7. The van der Waals surface area contributed by atoms with Gasteiger partial charge in [-0.25, -0.2) is 18.5 Å². The summed E-state index contributed by atoms with van der Waals surface area (Å²) in [7, 11) is -3.85. The number of hydrogen-bond donors (Lipinski definition) is 3. The molecule has 0 aliphatic carbocycles. The van der Waals surface area contributed by atoms with Crippen LogP contribution in [-0.2, 0) is 14.8 Å². The van der Waals surface area contributed by atoms with Crippen molar-refractivity contribution in [3.05, 3.63) is 6.33 Å². The largest absolute Gasteiger partial charge is 0.333 e. The third kappa shape index (κ3) is 1.60. The summed E-state index contributed by atoms with van der Waals surface area (Å²) in [6.07, 6.45) is 1.43. The van der Waals surface area contributed by atoms with E-state index in [1.807, 2.05) is 0 Å². The number of primary sulfonamides is 1. The highest BCUT2D eigenvalue weighted by molar-refractivity contribution is 7.89. The van der Waals surface area contributed by atoms with Gasteiger partial charge in [-0.15, -0.1) is 0 Å². The Balaban J connectivity index is 3.16. The van der Waals surface area contributed by atoms with E-state index in [4.69, 9.17) is 5.14 Å². The molecule has 0 aliphatic rings. The number of aromatic amines is 1. The van der Waals surface area contributed by atoms with E-state index >= 15 is 0 Å². The Morgan fingerprint density at radius 1 is 1.67 bits per heavy atom. The molecule has 4 N–H and O–H groups in total. The summed E-state index contributed by atoms with van der Waals surface area (Å²) in [5.74, 6) is -0.104. The summed E-state index contributed by atoms with van der Waals surface area (Å²) in [4.78, 5) is 15.8. The minimum atomic E-state index is -3.85. The molecular weight excluding hydrogens is 184 g/mol. The fraction of sp³-hybridized carbons (Fsp3) is 0. The van der Waals surface area contributed by atoms with Gasteiger partial charge in [-0.05, 0) is 0 Å². The van der Waals surface area contributed by atoms with Gasteiger partial charge in [0.2, 0.25) is 6.41 Å². The van der Waals surface area contributed by atoms with Gasteiger partial charge in [-0.2, -0.15) is 0 Å². The van der Waals surface area contributed by atoms with E-state index in [2.05, 4.69) is 15.3 Å². The van der Waals surface area contributed by atoms with Crippen LogP contribution in [0.4, 0.5) is 5.82 Å². The van der Waals surface area contributed by atoms with Crippen LogP contribution in [-0.4, -0.2) is 24.8 Å². The average Bonchev–Trinajstić information content (AvgIpc) is 2.34. The first-order valence-corrected chi connectivity index (χ1v) is 4.36. The van der Waals surface area contributed by atoms with Crippen molar-refractivity contribution in [2.45, 2.75) is 5.03 Å². The molecule has 0 aromatic carbocycles. The van der Waals surface area contributed by atoms with Gasteiger partial charge < -0.3 is 10.3 Å². The maximum atomic E-state index is 10.7. The molecule has 7 nitrogen and oxygen atoms in total. The van der Waals surface area contributed by atoms with Crippen LogP contribution in [0.3, 0.4) is 0 Å². The van der Waals surface area contributed by atoms with E-state index < -0.39 is 10.0 Å². The Hall–Kier alpha value is -1.41. The van der Waals surface area contributed by atoms with Crippen LogP contribution in [0.15, 0.2) is 11.4 Å². The number of nitrogens with zero attached hydrogens (tertiary/aromatic N) is 1. The third-order valence-electron chi connectivity index (χ3n) is 1.08. The van der Waals surface area contributed by atoms with Gasteiger partial charge in [-0.1, -0.05) is 0 Å². The highest BCUT2D eigenvalue weighted by atomic mass is 32.2. The topological polar surface area (TPSA) is 118 Å². The molecule has 0 saturated carbocycles. The lowest BCUT2D eigenvalue weighted by molar-refractivity contribution is -0.105. The Kier molecular flexibility index (Phi) is 2.11. The van der Waals surface area contributed by atoms with E-state index in [9.17, 15) is 13.2 Å². The predicted molar refractivity (Wildman–Crippen MR) is 39.6 cm³/mol. The molecule has 1 rings (SSSR count). The smallest absolute Gasteiger partial charge is 0.257 e. The second-order valence-corrected chi connectivity index (χ2v) is 3.39. The van der Waals surface area contributed by atoms with Crippen molar-refractivity contribution in [3.63, 3.8) is 0 Å². The number of H-pyrrole nitrogens is 1. The average molecular weight is 190 g/mol. The molecule has 0 atom stereocenters. The number of imidazole rings is 1. The lowest BCUT2D eigenvalue weighted by atomic mass is 10.7. The Morgan fingerprint density at radius 3 is 2.83 bits per heavy atom. The summed E-state index contributed by atoms with van der Waals surface area (Å²) in [6, 6.07) is 0. The molecule has 1 amide bonds. The van der Waals surface area contributed by atoms with Crippen LogP contribution in [0.1, 0.15) is 0 Å². The van der Waals surface area contributed by atoms with Crippen LogP contribution in [0, 0.1) is 0 Å². The van der Waals surface area contributed by atoms with Crippen LogP contribution < -0.4 is 10.5 Å². The van der Waals surface area contributed by atoms with E-state index in [0.29, 0.717) is 6.41 Å². The molecule has 8 heteroatoms. The third-order valence-corrected chi connectivity index (χ3v) is 1.96. The van der Waals surface area contributed by atoms with Gasteiger partial charge in [0.25, 0.3) is 10.0 Å². The number of amides is 1. The minimum absolute atomic E-state index is 0.104. The maximum Gasteiger partial charge on any atom is 0.257 e. The number of anilines is 1. The number of hydrogen-bond acceptors (Lipinski definition) is 4. The van der Waals surface area contributed by atoms with Crippen molar-refractivity contribution in [2.75, 3.05) is 5.32 Å². The van der Waals surface area contributed by atoms with Crippen LogP contribution in [0.2, 0.25) is 0 Å². The molecule has 0 saturated heterocycles. The molecule has 1 aromatic heterocycles. The number of rotatable bonds is 3. The fourth-order valence-corrected chi connectivity index (χ4v) is 1.26. The lowest BCUT2D eigenvalue weighted by Gasteiger charge is -1.95. The van der Waals surface area contributed by atoms with E-state index in [0.717, 1.165) is 6.33 Å². The second-order valence-electron chi connectivity index (χ2n) is 1.89. The number of carbonyl (C=O) groups excluding carboxylic acids is 1. The van der Waals surface area contributed by atoms with Crippen molar-refractivity contribution < 1.29 is 13.2 Å². The Morgan fingerprint density at radius 2 is 2.33 bits per heavy atom. The standard InChI is InChI=1S/C4H6N4O3S/c5-12(10,11)4-3(8-2-9)6-1-7-4/h1-2H,(H,6,7)(H,8,9)(H2,5,10,11). The monoisotopic (exact) mass is 190 g/mol. The molecule has 0 unspecified atom stereocenters. The first-order valence-electron chi connectivity index (χ1n) is 2.82. The summed E-state index contributed by atoms with van der Waals surface area (Å²) in [6.45, 7) is 0. The highest BCUT2D eigenvalue weighted by Crippen LogP contribution is 2.12. The van der Waals surface area contributed by atoms with Gasteiger partial charge in [0.1, 0.15) is 0 Å². The number of nitrogens with one attached hydrogen (secondary N) is 2. The summed E-state index contributed by atoms with van der Waals surface area (Å²) in [5.41, 5.74) is 0. The quantitative estimate of drug-likeness (QED) is 0.509. The zero-order valence-corrected chi connectivity index (χ0v) is 6.63. The summed E-state index contributed by atoms with van der Waals surface area (Å²) < 4.78 is 21.5. The van der Waals surface area contributed by atoms with E-state index in [1.54, 1.807) is 0 Å². The molecule has 1 heterocycles. The summed E-state index contributed by atoms with van der Waals surface area (Å²) in [5, 5.41) is 6.55.